The highest BCUT2D eigenvalue weighted by molar-refractivity contribution is 7.85. The van der Waals surface area contributed by atoms with Crippen LogP contribution in [0.5, 0.6) is 0 Å². The molecule has 0 saturated carbocycles. The van der Waals surface area contributed by atoms with E-state index in [1.54, 1.807) is 0 Å². The van der Waals surface area contributed by atoms with Gasteiger partial charge in [0.2, 0.25) is 5.91 Å². The van der Waals surface area contributed by atoms with Crippen molar-refractivity contribution in [3.05, 3.63) is 0 Å². The van der Waals surface area contributed by atoms with Crippen LogP contribution in [0.3, 0.4) is 0 Å². The second kappa shape index (κ2) is 6.17. The highest BCUT2D eigenvalue weighted by Gasteiger charge is 2.02. The lowest BCUT2D eigenvalue weighted by Gasteiger charge is -2.05. The fourth-order valence-electron chi connectivity index (χ4n) is 0.736. The van der Waals surface area contributed by atoms with Crippen LogP contribution in [0.15, 0.2) is 0 Å². The third-order valence-electron chi connectivity index (χ3n) is 1.38. The fraction of sp³-hybridized carbons (Fsp3) is 0.875. The molecule has 12 heavy (non-hydrogen) atoms. The minimum Gasteiger partial charge on any atom is -0.355 e. The lowest BCUT2D eigenvalue weighted by molar-refractivity contribution is -0.118. The maximum Gasteiger partial charge on any atom is 0.232 e. The minimum atomic E-state index is -1.02. The Morgan fingerprint density at radius 1 is 1.50 bits per heavy atom. The van der Waals surface area contributed by atoms with Crippen molar-refractivity contribution in [2.75, 3.05) is 18.6 Å². The molecule has 0 rings (SSSR count). The maximum absolute atomic E-state index is 10.9. The van der Waals surface area contributed by atoms with Crippen molar-refractivity contribution in [2.24, 2.45) is 5.92 Å². The summed E-state index contributed by atoms with van der Waals surface area (Å²) in [6.45, 7) is 4.89. The van der Waals surface area contributed by atoms with E-state index in [0.717, 1.165) is 6.42 Å². The lowest BCUT2D eigenvalue weighted by atomic mass is 10.1. The number of rotatable bonds is 5. The topological polar surface area (TPSA) is 46.2 Å². The summed E-state index contributed by atoms with van der Waals surface area (Å²) in [6, 6.07) is 0. The normalized spacial score (nSPS) is 13.0. The molecule has 0 bridgehead atoms. The first-order valence-electron chi connectivity index (χ1n) is 4.09. The molecule has 0 heterocycles. The van der Waals surface area contributed by atoms with Crippen molar-refractivity contribution < 1.29 is 9.00 Å². The molecule has 0 radical (unpaired) electrons. The van der Waals surface area contributed by atoms with Crippen LogP contribution in [0.1, 0.15) is 20.3 Å². The number of hydrogen-bond donors (Lipinski definition) is 1. The van der Waals surface area contributed by atoms with Gasteiger partial charge in [0, 0.05) is 23.6 Å². The van der Waals surface area contributed by atoms with Gasteiger partial charge in [-0.2, -0.15) is 0 Å². The minimum absolute atomic E-state index is 0.114. The smallest absolute Gasteiger partial charge is 0.232 e. The van der Waals surface area contributed by atoms with Gasteiger partial charge in [-0.3, -0.25) is 9.00 Å². The summed E-state index contributed by atoms with van der Waals surface area (Å²) in [7, 11) is -1.02. The standard InChI is InChI=1S/C8H17NO2S/c1-7(2)4-5-9-8(10)6-12(3)11/h7H,4-6H2,1-3H3,(H,9,10). The molecular formula is C8H17NO2S. The van der Waals surface area contributed by atoms with E-state index in [-0.39, 0.29) is 11.7 Å². The highest BCUT2D eigenvalue weighted by Crippen LogP contribution is 1.95. The molecule has 0 aliphatic heterocycles. The number of amides is 1. The maximum atomic E-state index is 10.9. The summed E-state index contributed by atoms with van der Waals surface area (Å²) < 4.78 is 10.6. The quantitative estimate of drug-likeness (QED) is 0.689. The second-order valence-corrected chi connectivity index (χ2v) is 4.69. The van der Waals surface area contributed by atoms with E-state index >= 15 is 0 Å². The Morgan fingerprint density at radius 2 is 2.08 bits per heavy atom. The van der Waals surface area contributed by atoms with E-state index < -0.39 is 10.8 Å². The van der Waals surface area contributed by atoms with Crippen molar-refractivity contribution in [2.45, 2.75) is 20.3 Å². The van der Waals surface area contributed by atoms with Crippen LogP contribution in [0.25, 0.3) is 0 Å². The summed E-state index contributed by atoms with van der Waals surface area (Å²) in [5, 5.41) is 2.71. The van der Waals surface area contributed by atoms with Gasteiger partial charge in [0.25, 0.3) is 0 Å². The predicted molar refractivity (Wildman–Crippen MR) is 51.4 cm³/mol. The van der Waals surface area contributed by atoms with Crippen LogP contribution in [0.2, 0.25) is 0 Å². The Morgan fingerprint density at radius 3 is 2.50 bits per heavy atom. The number of carbonyl (C=O) groups is 1. The van der Waals surface area contributed by atoms with Gasteiger partial charge in [0.1, 0.15) is 5.75 Å². The Hall–Kier alpha value is -0.380. The Bertz CT molecular complexity index is 168. The van der Waals surface area contributed by atoms with Crippen molar-refractivity contribution >= 4 is 16.7 Å². The molecule has 72 valence electrons. The molecule has 0 aromatic carbocycles. The van der Waals surface area contributed by atoms with Crippen LogP contribution in [-0.4, -0.2) is 28.7 Å². The molecular weight excluding hydrogens is 174 g/mol. The van der Waals surface area contributed by atoms with Gasteiger partial charge in [-0.05, 0) is 12.3 Å². The zero-order valence-electron chi connectivity index (χ0n) is 7.92. The highest BCUT2D eigenvalue weighted by atomic mass is 32.2. The molecule has 1 amide bonds. The van der Waals surface area contributed by atoms with Gasteiger partial charge in [-0.1, -0.05) is 13.8 Å². The number of nitrogens with one attached hydrogen (secondary N) is 1. The number of carbonyl (C=O) groups excluding carboxylic acids is 1. The van der Waals surface area contributed by atoms with Crippen molar-refractivity contribution in [3.63, 3.8) is 0 Å². The summed E-state index contributed by atoms with van der Waals surface area (Å²) >= 11 is 0. The Kier molecular flexibility index (Phi) is 5.98. The van der Waals surface area contributed by atoms with Crippen LogP contribution in [-0.2, 0) is 15.6 Å². The Balaban J connectivity index is 3.38. The van der Waals surface area contributed by atoms with Crippen LogP contribution < -0.4 is 5.32 Å². The average Bonchev–Trinajstić information content (AvgIpc) is 1.84. The van der Waals surface area contributed by atoms with E-state index in [9.17, 15) is 9.00 Å². The summed E-state index contributed by atoms with van der Waals surface area (Å²) in [5.41, 5.74) is 0. The summed E-state index contributed by atoms with van der Waals surface area (Å²) in [6.07, 6.45) is 2.50. The van der Waals surface area contributed by atoms with E-state index in [0.29, 0.717) is 12.5 Å². The van der Waals surface area contributed by atoms with Crippen molar-refractivity contribution in [1.82, 2.24) is 5.32 Å². The monoisotopic (exact) mass is 191 g/mol. The zero-order valence-corrected chi connectivity index (χ0v) is 8.74. The average molecular weight is 191 g/mol. The molecule has 3 nitrogen and oxygen atoms in total. The first kappa shape index (κ1) is 11.6. The van der Waals surface area contributed by atoms with Crippen LogP contribution >= 0.6 is 0 Å². The third-order valence-corrected chi connectivity index (χ3v) is 2.05. The van der Waals surface area contributed by atoms with E-state index in [1.807, 2.05) is 0 Å². The van der Waals surface area contributed by atoms with E-state index in [2.05, 4.69) is 19.2 Å². The lowest BCUT2D eigenvalue weighted by Crippen LogP contribution is -2.29. The molecule has 0 spiro atoms. The van der Waals surface area contributed by atoms with E-state index in [4.69, 9.17) is 0 Å². The van der Waals surface area contributed by atoms with Gasteiger partial charge in [0.15, 0.2) is 0 Å². The van der Waals surface area contributed by atoms with Gasteiger partial charge in [-0.15, -0.1) is 0 Å². The molecule has 1 N–H and O–H groups in total. The van der Waals surface area contributed by atoms with Crippen molar-refractivity contribution in [3.8, 4) is 0 Å². The van der Waals surface area contributed by atoms with Gasteiger partial charge >= 0.3 is 0 Å². The predicted octanol–water partition coefficient (Wildman–Crippen LogP) is 0.527. The fourth-order valence-corrected chi connectivity index (χ4v) is 1.21. The van der Waals surface area contributed by atoms with Gasteiger partial charge in [-0.25, -0.2) is 0 Å². The molecule has 0 aliphatic rings. The number of hydrogen-bond acceptors (Lipinski definition) is 2. The van der Waals surface area contributed by atoms with E-state index in [1.165, 1.54) is 6.26 Å². The summed E-state index contributed by atoms with van der Waals surface area (Å²) in [5.74, 6) is 0.604. The SMILES string of the molecule is CC(C)CCNC(=O)CS(C)=O. The molecule has 0 aliphatic carbocycles. The first-order valence-corrected chi connectivity index (χ1v) is 5.81. The molecule has 0 fully saturated rings. The molecule has 4 heteroatoms. The van der Waals surface area contributed by atoms with Gasteiger partial charge < -0.3 is 5.32 Å². The molecule has 1 unspecified atom stereocenters. The van der Waals surface area contributed by atoms with Crippen LogP contribution in [0, 0.1) is 5.92 Å². The largest absolute Gasteiger partial charge is 0.355 e. The van der Waals surface area contributed by atoms with Gasteiger partial charge in [0.05, 0.1) is 0 Å². The molecule has 0 saturated heterocycles. The molecule has 0 aromatic rings. The third kappa shape index (κ3) is 7.72. The second-order valence-electron chi connectivity index (χ2n) is 3.25. The molecule has 0 aromatic heterocycles. The summed E-state index contributed by atoms with van der Waals surface area (Å²) in [4.78, 5) is 10.9. The first-order chi connectivity index (χ1) is 5.52. The van der Waals surface area contributed by atoms with Crippen molar-refractivity contribution in [1.29, 1.82) is 0 Å². The zero-order chi connectivity index (χ0) is 9.56. The van der Waals surface area contributed by atoms with Crippen LogP contribution in [0.4, 0.5) is 0 Å². The Labute approximate surface area is 76.4 Å². The molecule has 1 atom stereocenters.